The van der Waals surface area contributed by atoms with Gasteiger partial charge in [0, 0.05) is 0 Å². The van der Waals surface area contributed by atoms with Gasteiger partial charge in [-0.15, -0.1) is 6.58 Å². The maximum atomic E-state index is 12.0. The van der Waals surface area contributed by atoms with Gasteiger partial charge in [0.1, 0.15) is 5.60 Å². The summed E-state index contributed by atoms with van der Waals surface area (Å²) in [5.74, 6) is -0.646. The molecule has 2 aliphatic carbocycles. The van der Waals surface area contributed by atoms with Crippen molar-refractivity contribution in [3.8, 4) is 0 Å². The Morgan fingerprint density at radius 1 is 1.46 bits per heavy atom. The smallest absolute Gasteiger partial charge is 0.309 e. The fraction of sp³-hybridized carbons (Fsp3) is 0.750. The third-order valence-corrected chi connectivity index (χ3v) is 7.06. The van der Waals surface area contributed by atoms with Crippen molar-refractivity contribution in [1.82, 2.24) is 0 Å². The molecular weight excluding hydrogens is 304 g/mol. The van der Waals surface area contributed by atoms with Crippen molar-refractivity contribution >= 4 is 5.97 Å². The highest BCUT2D eigenvalue weighted by Gasteiger charge is 2.57. The zero-order valence-corrected chi connectivity index (χ0v) is 15.2. The monoisotopic (exact) mass is 336 g/mol. The minimum Gasteiger partial charge on any atom is -0.481 e. The van der Waals surface area contributed by atoms with Crippen molar-refractivity contribution in [3.63, 3.8) is 0 Å². The van der Waals surface area contributed by atoms with Crippen LogP contribution in [0.5, 0.6) is 0 Å². The van der Waals surface area contributed by atoms with Gasteiger partial charge in [-0.05, 0) is 63.2 Å². The third kappa shape index (κ3) is 2.95. The molecule has 0 spiro atoms. The molecule has 0 bridgehead atoms. The highest BCUT2D eigenvalue weighted by atomic mass is 16.4. The van der Waals surface area contributed by atoms with Gasteiger partial charge in [-0.3, -0.25) is 4.79 Å². The molecule has 0 amide bonds. The van der Waals surface area contributed by atoms with Gasteiger partial charge in [-0.1, -0.05) is 31.6 Å². The van der Waals surface area contributed by atoms with Gasteiger partial charge in [-0.25, -0.2) is 0 Å². The topological polar surface area (TPSA) is 77.8 Å². The Hall–Kier alpha value is -1.13. The van der Waals surface area contributed by atoms with Gasteiger partial charge in [0.05, 0.1) is 11.5 Å². The molecule has 0 unspecified atom stereocenters. The molecule has 0 aliphatic heterocycles. The predicted molar refractivity (Wildman–Crippen MR) is 94.5 cm³/mol. The van der Waals surface area contributed by atoms with Gasteiger partial charge in [0.25, 0.3) is 0 Å². The molecule has 2 aliphatic rings. The summed E-state index contributed by atoms with van der Waals surface area (Å²) in [6.07, 6.45) is 4.95. The lowest BCUT2D eigenvalue weighted by atomic mass is 9.46. The lowest BCUT2D eigenvalue weighted by Gasteiger charge is -2.57. The van der Waals surface area contributed by atoms with Crippen LogP contribution >= 0.6 is 0 Å². The molecule has 2 fully saturated rings. The van der Waals surface area contributed by atoms with E-state index in [1.165, 1.54) is 6.08 Å². The van der Waals surface area contributed by atoms with E-state index >= 15 is 0 Å². The van der Waals surface area contributed by atoms with Crippen LogP contribution < -0.4 is 0 Å². The fourth-order valence-corrected chi connectivity index (χ4v) is 5.24. The Labute approximate surface area is 145 Å². The molecule has 4 nitrogen and oxygen atoms in total. The SMILES string of the molecule is C=C[C@](C)(O)[C@@H](O)C[C@H]1C(=C)CC[C@@H]2[C@]1(C)CCC[C@@]2(C)C(=O)O. The molecule has 2 rings (SSSR count). The highest BCUT2D eigenvalue weighted by molar-refractivity contribution is 5.75. The first-order valence-electron chi connectivity index (χ1n) is 8.94. The number of aliphatic hydroxyl groups is 2. The molecule has 0 radical (unpaired) electrons. The summed E-state index contributed by atoms with van der Waals surface area (Å²) in [5.41, 5.74) is -1.21. The number of aliphatic carboxylic acids is 1. The molecule has 3 N–H and O–H groups in total. The number of carboxylic acids is 1. The minimum atomic E-state index is -1.35. The molecule has 4 heteroatoms. The summed E-state index contributed by atoms with van der Waals surface area (Å²) in [5, 5.41) is 30.6. The van der Waals surface area contributed by atoms with Crippen LogP contribution in [0.15, 0.2) is 24.8 Å². The summed E-state index contributed by atoms with van der Waals surface area (Å²) in [6, 6.07) is 0. The van der Waals surface area contributed by atoms with Gasteiger partial charge >= 0.3 is 5.97 Å². The number of fused-ring (bicyclic) bond motifs is 1. The van der Waals surface area contributed by atoms with Crippen LogP contribution in [0.4, 0.5) is 0 Å². The Balaban J connectivity index is 2.35. The second-order valence-electron chi connectivity index (χ2n) is 8.57. The maximum absolute atomic E-state index is 12.0. The lowest BCUT2D eigenvalue weighted by Crippen LogP contribution is -2.54. The highest BCUT2D eigenvalue weighted by Crippen LogP contribution is 2.62. The molecule has 0 aromatic heterocycles. The van der Waals surface area contributed by atoms with Crippen LogP contribution in [-0.4, -0.2) is 33.0 Å². The zero-order valence-electron chi connectivity index (χ0n) is 15.2. The average Bonchev–Trinajstić information content (AvgIpc) is 2.50. The quantitative estimate of drug-likeness (QED) is 0.671. The minimum absolute atomic E-state index is 0.0108. The number of carboxylic acid groups (broad SMARTS) is 1. The maximum Gasteiger partial charge on any atom is 0.309 e. The summed E-state index contributed by atoms with van der Waals surface area (Å²) >= 11 is 0. The number of rotatable bonds is 5. The number of aliphatic hydroxyl groups excluding tert-OH is 1. The van der Waals surface area contributed by atoms with Crippen LogP contribution in [0.25, 0.3) is 0 Å². The van der Waals surface area contributed by atoms with E-state index in [-0.39, 0.29) is 17.3 Å². The molecule has 0 heterocycles. The van der Waals surface area contributed by atoms with E-state index < -0.39 is 23.1 Å². The summed E-state index contributed by atoms with van der Waals surface area (Å²) in [7, 11) is 0. The Bertz CT molecular complexity index is 538. The summed E-state index contributed by atoms with van der Waals surface area (Å²) in [4.78, 5) is 12.0. The predicted octanol–water partition coefficient (Wildman–Crippen LogP) is 3.54. The van der Waals surface area contributed by atoms with Crippen molar-refractivity contribution < 1.29 is 20.1 Å². The largest absolute Gasteiger partial charge is 0.481 e. The number of hydrogen-bond acceptors (Lipinski definition) is 3. The first-order chi connectivity index (χ1) is 11.0. The molecule has 2 saturated carbocycles. The van der Waals surface area contributed by atoms with Crippen molar-refractivity contribution in [3.05, 3.63) is 24.8 Å². The van der Waals surface area contributed by atoms with Gasteiger partial charge < -0.3 is 15.3 Å². The van der Waals surface area contributed by atoms with E-state index in [1.54, 1.807) is 6.92 Å². The molecule has 0 aromatic rings. The number of carbonyl (C=O) groups is 1. The van der Waals surface area contributed by atoms with Crippen LogP contribution in [-0.2, 0) is 4.79 Å². The number of allylic oxidation sites excluding steroid dienone is 1. The van der Waals surface area contributed by atoms with Crippen LogP contribution in [0.2, 0.25) is 0 Å². The van der Waals surface area contributed by atoms with Crippen LogP contribution in [0, 0.1) is 22.7 Å². The Kier molecular flexibility index (Phi) is 5.04. The van der Waals surface area contributed by atoms with Gasteiger partial charge in [0.2, 0.25) is 0 Å². The van der Waals surface area contributed by atoms with E-state index in [4.69, 9.17) is 0 Å². The van der Waals surface area contributed by atoms with Gasteiger partial charge in [-0.2, -0.15) is 0 Å². The molecule has 0 saturated heterocycles. The van der Waals surface area contributed by atoms with Crippen molar-refractivity contribution in [1.29, 1.82) is 0 Å². The molecular formula is C20H32O4. The average molecular weight is 336 g/mol. The molecule has 136 valence electrons. The molecule has 0 aromatic carbocycles. The first kappa shape index (κ1) is 19.2. The summed E-state index contributed by atoms with van der Waals surface area (Å²) in [6.45, 7) is 13.4. The van der Waals surface area contributed by atoms with Gasteiger partial charge in [0.15, 0.2) is 0 Å². The first-order valence-corrected chi connectivity index (χ1v) is 8.94. The van der Waals surface area contributed by atoms with Crippen molar-refractivity contribution in [2.75, 3.05) is 0 Å². The lowest BCUT2D eigenvalue weighted by molar-refractivity contribution is -0.165. The second kappa shape index (κ2) is 6.30. The fourth-order valence-electron chi connectivity index (χ4n) is 5.24. The Morgan fingerprint density at radius 2 is 2.08 bits per heavy atom. The third-order valence-electron chi connectivity index (χ3n) is 7.06. The normalized spacial score (nSPS) is 40.3. The number of hydrogen-bond donors (Lipinski definition) is 3. The summed E-state index contributed by atoms with van der Waals surface area (Å²) < 4.78 is 0. The van der Waals surface area contributed by atoms with E-state index in [2.05, 4.69) is 20.1 Å². The second-order valence-corrected chi connectivity index (χ2v) is 8.57. The molecule has 24 heavy (non-hydrogen) atoms. The van der Waals surface area contributed by atoms with E-state index in [0.717, 1.165) is 31.3 Å². The molecule has 6 atom stereocenters. The van der Waals surface area contributed by atoms with Crippen molar-refractivity contribution in [2.24, 2.45) is 22.7 Å². The van der Waals surface area contributed by atoms with Crippen molar-refractivity contribution in [2.45, 2.75) is 71.0 Å². The zero-order chi connectivity index (χ0) is 18.3. The Morgan fingerprint density at radius 3 is 2.62 bits per heavy atom. The van der Waals surface area contributed by atoms with Crippen LogP contribution in [0.1, 0.15) is 59.3 Å². The van der Waals surface area contributed by atoms with E-state index in [0.29, 0.717) is 12.8 Å². The standard InChI is InChI=1S/C20H32O4/c1-6-20(5,24)16(21)12-14-13(2)8-9-15-18(14,3)10-7-11-19(15,4)17(22)23/h6,14-16,21,24H,1-2,7-12H2,3-5H3,(H,22,23)/t14-,15+,16-,18+,19+,20-/m0/s1. The van der Waals surface area contributed by atoms with Crippen LogP contribution in [0.3, 0.4) is 0 Å². The van der Waals surface area contributed by atoms with E-state index in [9.17, 15) is 20.1 Å². The van der Waals surface area contributed by atoms with E-state index in [1.807, 2.05) is 6.92 Å².